The molecule has 2 aromatic carbocycles. The molecule has 0 unspecified atom stereocenters. The third-order valence-corrected chi connectivity index (χ3v) is 5.86. The van der Waals surface area contributed by atoms with Crippen LogP contribution in [0, 0.1) is 0 Å². The van der Waals surface area contributed by atoms with Crippen LogP contribution in [-0.4, -0.2) is 55.5 Å². The average molecular weight is 455 g/mol. The first-order valence-electron chi connectivity index (χ1n) is 11.1. The van der Waals surface area contributed by atoms with Crippen LogP contribution in [0.25, 0.3) is 11.1 Å². The van der Waals surface area contributed by atoms with Crippen molar-refractivity contribution in [3.05, 3.63) is 59.7 Å². The number of hydrogen-bond donors (Lipinski definition) is 3. The monoisotopic (exact) mass is 454 g/mol. The van der Waals surface area contributed by atoms with E-state index in [1.54, 1.807) is 6.92 Å². The first-order chi connectivity index (χ1) is 15.9. The number of unbranched alkanes of at least 4 members (excludes halogenated alkanes) is 1. The fraction of sp³-hybridized carbons (Fsp3) is 0.400. The lowest BCUT2D eigenvalue weighted by Gasteiger charge is -2.23. The Labute approximate surface area is 193 Å². The van der Waals surface area contributed by atoms with E-state index >= 15 is 0 Å². The van der Waals surface area contributed by atoms with E-state index in [4.69, 9.17) is 14.6 Å². The average Bonchev–Trinajstić information content (AvgIpc) is 3.14. The highest BCUT2D eigenvalue weighted by Gasteiger charge is 2.31. The van der Waals surface area contributed by atoms with Crippen LogP contribution in [0.3, 0.4) is 0 Å². The highest BCUT2D eigenvalue weighted by molar-refractivity contribution is 5.86. The summed E-state index contributed by atoms with van der Waals surface area (Å²) in [6.45, 7) is 2.13. The number of alkyl carbamates (subject to hydrolysis) is 1. The largest absolute Gasteiger partial charge is 0.481 e. The van der Waals surface area contributed by atoms with Crippen LogP contribution in [0.4, 0.5) is 4.79 Å². The van der Waals surface area contributed by atoms with Gasteiger partial charge in [0.1, 0.15) is 12.6 Å². The van der Waals surface area contributed by atoms with Crippen molar-refractivity contribution in [3.63, 3.8) is 0 Å². The molecule has 176 valence electrons. The standard InChI is InChI=1S/C25H30N2O6/c1-16(32-2)23(24(30)26-14-8-7-13-22(28)29)27-25(31)33-15-21-19-11-5-3-9-17(19)18-10-4-6-12-20(18)21/h3-6,9-12,16,21,23H,7-8,13-15H2,1-2H3,(H,26,30)(H,27,31)(H,28,29)/t16-,23+/m1/s1. The zero-order valence-electron chi connectivity index (χ0n) is 18.9. The lowest BCUT2D eigenvalue weighted by Crippen LogP contribution is -2.53. The Hall–Kier alpha value is -3.39. The van der Waals surface area contributed by atoms with Gasteiger partial charge >= 0.3 is 12.1 Å². The van der Waals surface area contributed by atoms with E-state index in [1.165, 1.54) is 7.11 Å². The lowest BCUT2D eigenvalue weighted by molar-refractivity contribution is -0.137. The molecule has 2 amide bonds. The van der Waals surface area contributed by atoms with Crippen LogP contribution in [0.1, 0.15) is 43.2 Å². The van der Waals surface area contributed by atoms with Crippen molar-refractivity contribution < 1.29 is 29.0 Å². The van der Waals surface area contributed by atoms with Gasteiger partial charge in [0.25, 0.3) is 0 Å². The quantitative estimate of drug-likeness (QED) is 0.449. The summed E-state index contributed by atoms with van der Waals surface area (Å²) >= 11 is 0. The van der Waals surface area contributed by atoms with Gasteiger partial charge in [-0.25, -0.2) is 4.79 Å². The lowest BCUT2D eigenvalue weighted by atomic mass is 9.98. The van der Waals surface area contributed by atoms with Crippen molar-refractivity contribution in [1.29, 1.82) is 0 Å². The molecular formula is C25H30N2O6. The number of benzene rings is 2. The minimum absolute atomic E-state index is 0.0474. The summed E-state index contributed by atoms with van der Waals surface area (Å²) in [6, 6.07) is 15.2. The van der Waals surface area contributed by atoms with E-state index in [1.807, 2.05) is 36.4 Å². The van der Waals surface area contributed by atoms with Gasteiger partial charge in [0.15, 0.2) is 0 Å². The molecular weight excluding hydrogens is 424 g/mol. The Morgan fingerprint density at radius 2 is 1.61 bits per heavy atom. The number of amides is 2. The molecule has 0 aromatic heterocycles. The summed E-state index contributed by atoms with van der Waals surface area (Å²) in [5.41, 5.74) is 4.48. The van der Waals surface area contributed by atoms with Crippen LogP contribution in [0.2, 0.25) is 0 Å². The van der Waals surface area contributed by atoms with Gasteiger partial charge in [-0.3, -0.25) is 9.59 Å². The highest BCUT2D eigenvalue weighted by Crippen LogP contribution is 2.44. The van der Waals surface area contributed by atoms with Gasteiger partial charge in [0, 0.05) is 26.0 Å². The normalized spacial score (nSPS) is 14.0. The molecule has 33 heavy (non-hydrogen) atoms. The molecule has 1 aliphatic rings. The molecule has 2 aromatic rings. The van der Waals surface area contributed by atoms with Crippen molar-refractivity contribution in [2.75, 3.05) is 20.3 Å². The summed E-state index contributed by atoms with van der Waals surface area (Å²) in [7, 11) is 1.46. The van der Waals surface area contributed by atoms with Crippen LogP contribution < -0.4 is 10.6 Å². The summed E-state index contributed by atoms with van der Waals surface area (Å²) < 4.78 is 10.8. The van der Waals surface area contributed by atoms with Crippen molar-refractivity contribution in [2.24, 2.45) is 0 Å². The maximum atomic E-state index is 12.6. The number of carbonyl (C=O) groups excluding carboxylic acids is 2. The smallest absolute Gasteiger partial charge is 0.407 e. The van der Waals surface area contributed by atoms with Crippen molar-refractivity contribution >= 4 is 18.0 Å². The van der Waals surface area contributed by atoms with Crippen molar-refractivity contribution in [1.82, 2.24) is 10.6 Å². The third-order valence-electron chi connectivity index (χ3n) is 5.86. The number of carbonyl (C=O) groups is 3. The number of hydrogen-bond acceptors (Lipinski definition) is 5. The van der Waals surface area contributed by atoms with Gasteiger partial charge in [0.2, 0.25) is 5.91 Å². The number of methoxy groups -OCH3 is 1. The number of aliphatic carboxylic acids is 1. The molecule has 1 aliphatic carbocycles. The minimum Gasteiger partial charge on any atom is -0.481 e. The molecule has 0 aliphatic heterocycles. The minimum atomic E-state index is -0.940. The van der Waals surface area contributed by atoms with E-state index in [2.05, 4.69) is 22.8 Å². The maximum absolute atomic E-state index is 12.6. The molecule has 0 spiro atoms. The van der Waals surface area contributed by atoms with Crippen molar-refractivity contribution in [2.45, 2.75) is 44.2 Å². The number of ether oxygens (including phenoxy) is 2. The van der Waals surface area contributed by atoms with Gasteiger partial charge < -0.3 is 25.2 Å². The summed E-state index contributed by atoms with van der Waals surface area (Å²) in [6.07, 6.45) is -0.251. The Morgan fingerprint density at radius 1 is 1.00 bits per heavy atom. The summed E-state index contributed by atoms with van der Waals surface area (Å²) in [4.78, 5) is 35.7. The second kappa shape index (κ2) is 11.5. The topological polar surface area (TPSA) is 114 Å². The van der Waals surface area contributed by atoms with Crippen molar-refractivity contribution in [3.8, 4) is 11.1 Å². The predicted molar refractivity (Wildman–Crippen MR) is 123 cm³/mol. The fourth-order valence-electron chi connectivity index (χ4n) is 4.02. The van der Waals surface area contributed by atoms with Gasteiger partial charge in [-0.2, -0.15) is 0 Å². The molecule has 8 nitrogen and oxygen atoms in total. The molecule has 0 heterocycles. The summed E-state index contributed by atoms with van der Waals surface area (Å²) in [5.74, 6) is -1.36. The summed E-state index contributed by atoms with van der Waals surface area (Å²) in [5, 5.41) is 14.0. The molecule has 0 saturated heterocycles. The number of rotatable bonds is 11. The van der Waals surface area contributed by atoms with E-state index in [0.29, 0.717) is 19.4 Å². The predicted octanol–water partition coefficient (Wildman–Crippen LogP) is 3.30. The number of carboxylic acid groups (broad SMARTS) is 1. The van der Waals surface area contributed by atoms with Gasteiger partial charge in [-0.1, -0.05) is 48.5 Å². The Bertz CT molecular complexity index is 947. The number of carboxylic acids is 1. The molecule has 8 heteroatoms. The Balaban J connectivity index is 1.57. The molecule has 0 radical (unpaired) electrons. The highest BCUT2D eigenvalue weighted by atomic mass is 16.5. The first-order valence-corrected chi connectivity index (χ1v) is 11.1. The zero-order chi connectivity index (χ0) is 23.8. The second-order valence-electron chi connectivity index (χ2n) is 8.03. The van der Waals surface area contributed by atoms with Gasteiger partial charge in [0.05, 0.1) is 6.10 Å². The maximum Gasteiger partial charge on any atom is 0.407 e. The fourth-order valence-corrected chi connectivity index (χ4v) is 4.02. The molecule has 0 saturated carbocycles. The zero-order valence-corrected chi connectivity index (χ0v) is 18.9. The number of fused-ring (bicyclic) bond motifs is 3. The Morgan fingerprint density at radius 3 is 2.18 bits per heavy atom. The van der Waals surface area contributed by atoms with Crippen LogP contribution in [0.5, 0.6) is 0 Å². The van der Waals surface area contributed by atoms with Gasteiger partial charge in [-0.05, 0) is 42.0 Å². The second-order valence-corrected chi connectivity index (χ2v) is 8.03. The molecule has 0 fully saturated rings. The van der Waals surface area contributed by atoms with Gasteiger partial charge in [-0.15, -0.1) is 0 Å². The van der Waals surface area contributed by atoms with E-state index < -0.39 is 30.1 Å². The van der Waals surface area contributed by atoms with Crippen LogP contribution in [0.15, 0.2) is 48.5 Å². The molecule has 3 rings (SSSR count). The number of nitrogens with one attached hydrogen (secondary N) is 2. The molecule has 0 bridgehead atoms. The van der Waals surface area contributed by atoms with E-state index in [9.17, 15) is 14.4 Å². The molecule has 3 N–H and O–H groups in total. The Kier molecular flexibility index (Phi) is 8.43. The molecule has 2 atom stereocenters. The first kappa shape index (κ1) is 24.3. The van der Waals surface area contributed by atoms with E-state index in [-0.39, 0.29) is 18.9 Å². The van der Waals surface area contributed by atoms with Crippen LogP contribution >= 0.6 is 0 Å². The van der Waals surface area contributed by atoms with Crippen LogP contribution in [-0.2, 0) is 19.1 Å². The van der Waals surface area contributed by atoms with E-state index in [0.717, 1.165) is 22.3 Å². The SMILES string of the molecule is CO[C@H](C)[C@H](NC(=O)OCC1c2ccccc2-c2ccccc21)C(=O)NCCCCC(=O)O. The third kappa shape index (κ3) is 6.10.